The van der Waals surface area contributed by atoms with Crippen molar-refractivity contribution in [3.05, 3.63) is 72.8 Å². The van der Waals surface area contributed by atoms with E-state index in [1.807, 2.05) is 86.7 Å². The number of aliphatic hydroxyl groups is 1. The van der Waals surface area contributed by atoms with Gasteiger partial charge in [0.1, 0.15) is 29.6 Å². The number of carbonyl (C=O) groups is 3. The molecular formula is C36H42N6O6. The van der Waals surface area contributed by atoms with E-state index in [1.54, 1.807) is 19.4 Å². The van der Waals surface area contributed by atoms with Crippen LogP contribution in [0.1, 0.15) is 39.5 Å². The van der Waals surface area contributed by atoms with Crippen LogP contribution in [0, 0.1) is 11.8 Å². The lowest BCUT2D eigenvalue weighted by molar-refractivity contribution is -0.152. The Hall–Kier alpha value is -4.55. The van der Waals surface area contributed by atoms with Gasteiger partial charge in [-0.3, -0.25) is 14.4 Å². The highest BCUT2D eigenvalue weighted by molar-refractivity contribution is 6.04. The number of rotatable bonds is 11. The lowest BCUT2D eigenvalue weighted by atomic mass is 9.74. The first-order valence-electron chi connectivity index (χ1n) is 16.9. The Balaban J connectivity index is 1.25. The number of anilines is 1. The summed E-state index contributed by atoms with van der Waals surface area (Å²) in [7, 11) is 0. The standard InChI is InChI=1S/C36H42N6O6/c1-3-47-26-16-14-25(15-17-26)40-22-10-18-35(2)29(32(40)44)30-33(45)41(21-8-4-5-9-23-43)31-34(46)39(20-11-19-36(30,31)48-35)24-42-28-13-7-6-12-27(28)37-38-42/h6-7,10-19,29-31,43H,3-5,8-9,20-24H2,1-2H3/t29-,30+,31?,35+,36+/m1/s1. The summed E-state index contributed by atoms with van der Waals surface area (Å²) in [5.74, 6) is -1.79. The minimum absolute atomic E-state index is 0.111. The van der Waals surface area contributed by atoms with E-state index in [-0.39, 0.29) is 37.5 Å². The number of hydrogen-bond acceptors (Lipinski definition) is 8. The number of unbranched alkanes of at least 4 members (excludes halogenated alkanes) is 3. The van der Waals surface area contributed by atoms with E-state index in [0.717, 1.165) is 23.9 Å². The maximum absolute atomic E-state index is 14.7. The Morgan fingerprint density at radius 2 is 1.69 bits per heavy atom. The Bertz CT molecular complexity index is 1750. The topological polar surface area (TPSA) is 130 Å². The summed E-state index contributed by atoms with van der Waals surface area (Å²) >= 11 is 0. The molecule has 2 aromatic carbocycles. The van der Waals surface area contributed by atoms with Crippen molar-refractivity contribution in [3.8, 4) is 5.75 Å². The average molecular weight is 655 g/mol. The van der Waals surface area contributed by atoms with E-state index in [2.05, 4.69) is 10.3 Å². The fourth-order valence-electron chi connectivity index (χ4n) is 7.99. The zero-order valence-electron chi connectivity index (χ0n) is 27.4. The summed E-state index contributed by atoms with van der Waals surface area (Å²) in [5.41, 5.74) is -0.252. The van der Waals surface area contributed by atoms with Crippen molar-refractivity contribution in [1.29, 1.82) is 0 Å². The molecule has 0 bridgehead atoms. The molecule has 0 saturated carbocycles. The molecule has 3 aromatic rings. The molecule has 4 aliphatic rings. The minimum Gasteiger partial charge on any atom is -0.494 e. The fourth-order valence-corrected chi connectivity index (χ4v) is 7.99. The Kier molecular flexibility index (Phi) is 8.55. The van der Waals surface area contributed by atoms with E-state index in [9.17, 15) is 19.5 Å². The molecule has 48 heavy (non-hydrogen) atoms. The Morgan fingerprint density at radius 1 is 0.917 bits per heavy atom. The van der Waals surface area contributed by atoms with Crippen LogP contribution in [0.2, 0.25) is 0 Å². The van der Waals surface area contributed by atoms with Crippen LogP contribution >= 0.6 is 0 Å². The number of para-hydroxylation sites is 1. The molecule has 1 spiro atoms. The van der Waals surface area contributed by atoms with Gasteiger partial charge in [-0.2, -0.15) is 0 Å². The number of carbonyl (C=O) groups excluding carboxylic acids is 3. The lowest BCUT2D eigenvalue weighted by Crippen LogP contribution is -2.56. The second-order valence-electron chi connectivity index (χ2n) is 13.1. The van der Waals surface area contributed by atoms with Crippen LogP contribution in [0.15, 0.2) is 72.8 Å². The van der Waals surface area contributed by atoms with Crippen LogP contribution in [-0.2, 0) is 25.8 Å². The summed E-state index contributed by atoms with van der Waals surface area (Å²) in [6, 6.07) is 14.0. The number of ether oxygens (including phenoxy) is 2. The average Bonchev–Trinajstić information content (AvgIpc) is 3.61. The van der Waals surface area contributed by atoms with Crippen LogP contribution in [0.5, 0.6) is 5.75 Å². The van der Waals surface area contributed by atoms with Gasteiger partial charge >= 0.3 is 0 Å². The molecule has 3 amide bonds. The number of aromatic nitrogens is 3. The predicted octanol–water partition coefficient (Wildman–Crippen LogP) is 3.31. The molecule has 1 unspecified atom stereocenters. The van der Waals surface area contributed by atoms with Crippen molar-refractivity contribution >= 4 is 34.4 Å². The van der Waals surface area contributed by atoms with Gasteiger partial charge in [0.05, 0.1) is 29.6 Å². The molecule has 1 aromatic heterocycles. The largest absolute Gasteiger partial charge is 0.494 e. The highest BCUT2D eigenvalue weighted by atomic mass is 16.5. The van der Waals surface area contributed by atoms with Gasteiger partial charge < -0.3 is 29.3 Å². The van der Waals surface area contributed by atoms with Crippen molar-refractivity contribution in [2.75, 3.05) is 37.7 Å². The highest BCUT2D eigenvalue weighted by Gasteiger charge is 2.74. The monoisotopic (exact) mass is 654 g/mol. The molecule has 7 rings (SSSR count). The Morgan fingerprint density at radius 3 is 2.48 bits per heavy atom. The van der Waals surface area contributed by atoms with E-state index >= 15 is 0 Å². The Labute approximate surface area is 279 Å². The maximum Gasteiger partial charge on any atom is 0.250 e. The van der Waals surface area contributed by atoms with Gasteiger partial charge in [0.15, 0.2) is 0 Å². The smallest absolute Gasteiger partial charge is 0.250 e. The first kappa shape index (κ1) is 32.0. The molecule has 0 aliphatic carbocycles. The summed E-state index contributed by atoms with van der Waals surface area (Å²) in [6.07, 6.45) is 10.5. The first-order valence-corrected chi connectivity index (χ1v) is 16.9. The van der Waals surface area contributed by atoms with Gasteiger partial charge in [-0.05, 0) is 63.1 Å². The molecule has 4 aliphatic heterocycles. The van der Waals surface area contributed by atoms with Gasteiger partial charge in [-0.25, -0.2) is 4.68 Å². The van der Waals surface area contributed by atoms with Crippen molar-refractivity contribution in [3.63, 3.8) is 0 Å². The quantitative estimate of drug-likeness (QED) is 0.246. The third-order valence-electron chi connectivity index (χ3n) is 10.1. The lowest BCUT2D eigenvalue weighted by Gasteiger charge is -2.37. The third-order valence-corrected chi connectivity index (χ3v) is 10.1. The second-order valence-corrected chi connectivity index (χ2v) is 13.1. The third kappa shape index (κ3) is 5.27. The van der Waals surface area contributed by atoms with Gasteiger partial charge in [0.2, 0.25) is 11.8 Å². The summed E-state index contributed by atoms with van der Waals surface area (Å²) in [6.45, 7) is 5.50. The van der Waals surface area contributed by atoms with Gasteiger partial charge in [-0.15, -0.1) is 5.10 Å². The number of likely N-dealkylation sites (tertiary alicyclic amines) is 1. The molecule has 2 saturated heterocycles. The van der Waals surface area contributed by atoms with Crippen molar-refractivity contribution in [1.82, 2.24) is 24.8 Å². The van der Waals surface area contributed by atoms with E-state index in [1.165, 1.54) is 0 Å². The first-order chi connectivity index (χ1) is 23.3. The molecule has 12 heteroatoms. The molecule has 5 heterocycles. The molecular weight excluding hydrogens is 612 g/mol. The summed E-state index contributed by atoms with van der Waals surface area (Å²) in [5, 5.41) is 17.8. The van der Waals surface area contributed by atoms with E-state index in [4.69, 9.17) is 9.47 Å². The molecule has 12 nitrogen and oxygen atoms in total. The van der Waals surface area contributed by atoms with Gasteiger partial charge in [-0.1, -0.05) is 54.5 Å². The minimum atomic E-state index is -1.35. The number of hydrogen-bond donors (Lipinski definition) is 1. The number of nitrogens with zero attached hydrogens (tertiary/aromatic N) is 6. The zero-order valence-corrected chi connectivity index (χ0v) is 27.4. The number of aliphatic hydroxyl groups excluding tert-OH is 1. The summed E-state index contributed by atoms with van der Waals surface area (Å²) < 4.78 is 14.3. The maximum atomic E-state index is 14.7. The number of amides is 3. The number of benzene rings is 2. The van der Waals surface area contributed by atoms with Crippen molar-refractivity contribution in [2.24, 2.45) is 11.8 Å². The molecule has 1 N–H and O–H groups in total. The molecule has 0 radical (unpaired) electrons. The van der Waals surface area contributed by atoms with Crippen LogP contribution < -0.4 is 9.64 Å². The van der Waals surface area contributed by atoms with Crippen molar-refractivity contribution < 1.29 is 29.0 Å². The van der Waals surface area contributed by atoms with Crippen LogP contribution in [-0.4, -0.2) is 97.7 Å². The fraction of sp³-hybridized carbons (Fsp3) is 0.472. The van der Waals surface area contributed by atoms with Crippen LogP contribution in [0.4, 0.5) is 5.69 Å². The normalized spacial score (nSPS) is 28.1. The summed E-state index contributed by atoms with van der Waals surface area (Å²) in [4.78, 5) is 49.1. The second kappa shape index (κ2) is 12.8. The van der Waals surface area contributed by atoms with Crippen LogP contribution in [0.3, 0.4) is 0 Å². The van der Waals surface area contributed by atoms with Crippen LogP contribution in [0.25, 0.3) is 11.0 Å². The highest BCUT2D eigenvalue weighted by Crippen LogP contribution is 2.57. The van der Waals surface area contributed by atoms with Gasteiger partial charge in [0, 0.05) is 31.9 Å². The zero-order chi connectivity index (χ0) is 33.5. The predicted molar refractivity (Wildman–Crippen MR) is 178 cm³/mol. The molecule has 2 fully saturated rings. The molecule has 252 valence electrons. The van der Waals surface area contributed by atoms with E-state index < -0.39 is 29.1 Å². The van der Waals surface area contributed by atoms with E-state index in [0.29, 0.717) is 44.0 Å². The number of fused-ring (bicyclic) bond motifs is 3. The van der Waals surface area contributed by atoms with Gasteiger partial charge in [0.25, 0.3) is 5.91 Å². The van der Waals surface area contributed by atoms with Crippen molar-refractivity contribution in [2.45, 2.75) is 63.4 Å². The molecule has 5 atom stereocenters. The SMILES string of the molecule is CCOc1ccc(N2CC=C[C@]3(C)O[C@]45C=CCN(Cn6nnc7ccccc76)C(=O)C4N(CCCCCCO)C(=O)[C@@H]5[C@@H]3C2=O)cc1.